The molecule has 1 rings (SSSR count). The summed E-state index contributed by atoms with van der Waals surface area (Å²) in [5.41, 5.74) is 10.6. The van der Waals surface area contributed by atoms with Crippen molar-refractivity contribution in [1.29, 1.82) is 5.59 Å². The molecule has 0 heterocycles. The maximum absolute atomic E-state index is 9.34. The molecule has 26 heavy (non-hydrogen) atoms. The Hall–Kier alpha value is -4.06. The third-order valence-corrected chi connectivity index (χ3v) is 1.97. The van der Waals surface area contributed by atoms with Gasteiger partial charge in [-0.1, -0.05) is 29.4 Å². The van der Waals surface area contributed by atoms with Crippen molar-refractivity contribution >= 4 is 5.69 Å². The first kappa shape index (κ1) is 24.2. The largest absolute Gasteiger partial charge is 0.399 e. The molecule has 0 amide bonds. The predicted octanol–water partition coefficient (Wildman–Crippen LogP) is 3.36. The number of rotatable bonds is 0. The van der Waals surface area contributed by atoms with Gasteiger partial charge in [0.15, 0.2) is 0 Å². The number of nitrogens with two attached hydrogens (primary N) is 1. The van der Waals surface area contributed by atoms with Crippen molar-refractivity contribution in [2.24, 2.45) is 0 Å². The van der Waals surface area contributed by atoms with Crippen LogP contribution in [0.2, 0.25) is 0 Å². The lowest BCUT2D eigenvalue weighted by Crippen LogP contribution is -2.14. The Labute approximate surface area is 161 Å². The molecule has 0 bridgehead atoms. The summed E-state index contributed by atoms with van der Waals surface area (Å²) in [7, 11) is 0. The van der Waals surface area contributed by atoms with Gasteiger partial charge < -0.3 is 10.8 Å². The minimum absolute atomic E-state index is 0. The summed E-state index contributed by atoms with van der Waals surface area (Å²) in [4.78, 5) is 7.50. The van der Waals surface area contributed by atoms with E-state index in [4.69, 9.17) is 17.1 Å². The number of nitrogen functional groups attached to an aromatic ring is 1. The van der Waals surface area contributed by atoms with E-state index in [-0.39, 0.29) is 5.71 Å². The summed E-state index contributed by atoms with van der Waals surface area (Å²) in [5, 5.41) is 9.34. The summed E-state index contributed by atoms with van der Waals surface area (Å²) in [6.45, 7) is 5.00. The molecule has 0 spiro atoms. The fraction of sp³-hybridized carbons (Fsp3) is 0.182. The Morgan fingerprint density at radius 1 is 1.08 bits per heavy atom. The number of hydrogen-bond acceptors (Lipinski definition) is 4. The average Bonchev–Trinajstić information content (AvgIpc) is 2.61. The van der Waals surface area contributed by atoms with Crippen LogP contribution >= 0.6 is 0 Å². The Bertz CT molecular complexity index is 938. The highest BCUT2D eigenvalue weighted by Gasteiger charge is 2.05. The van der Waals surface area contributed by atoms with Gasteiger partial charge in [0.1, 0.15) is 5.60 Å². The van der Waals surface area contributed by atoms with Gasteiger partial charge >= 0.3 is 0 Å². The van der Waals surface area contributed by atoms with Crippen molar-refractivity contribution in [2.75, 3.05) is 5.73 Å². The normalized spacial score (nSPS) is 6.88. The van der Waals surface area contributed by atoms with Gasteiger partial charge in [0.05, 0.1) is 0 Å². The van der Waals surface area contributed by atoms with E-state index in [2.05, 4.69) is 70.7 Å². The number of nitrogens with one attached hydrogen (secondary N) is 1. The van der Waals surface area contributed by atoms with Crippen LogP contribution < -0.4 is 5.73 Å². The zero-order valence-electron chi connectivity index (χ0n) is 14.8. The molecule has 1 aromatic rings. The van der Waals surface area contributed by atoms with Gasteiger partial charge in [-0.3, -0.25) is 0 Å². The lowest BCUT2D eigenvalue weighted by molar-refractivity contribution is 0.143. The molecule has 4 nitrogen and oxygen atoms in total. The van der Waals surface area contributed by atoms with Gasteiger partial charge in [-0.2, -0.15) is 4.91 Å². The zero-order valence-corrected chi connectivity index (χ0v) is 14.8. The quantitative estimate of drug-likeness (QED) is 0.381. The Balaban J connectivity index is -0.0000000796. The van der Waals surface area contributed by atoms with Crippen LogP contribution in [0.15, 0.2) is 24.3 Å². The van der Waals surface area contributed by atoms with Crippen molar-refractivity contribution in [1.82, 2.24) is 0 Å². The van der Waals surface area contributed by atoms with E-state index in [1.54, 1.807) is 32.9 Å². The lowest BCUT2D eigenvalue weighted by atomic mass is 10.1. The Morgan fingerprint density at radius 2 is 1.62 bits per heavy atom. The number of nitroso groups, excluding NO2 is 1. The molecule has 0 aliphatic rings. The van der Waals surface area contributed by atoms with Gasteiger partial charge in [0.2, 0.25) is 0 Å². The minimum Gasteiger partial charge on any atom is -0.399 e. The van der Waals surface area contributed by atoms with E-state index in [1.807, 2.05) is 12.1 Å². The first-order valence-electron chi connectivity index (χ1n) is 7.08. The minimum atomic E-state index is -0.954. The van der Waals surface area contributed by atoms with Gasteiger partial charge in [-0.05, 0) is 86.3 Å². The summed E-state index contributed by atoms with van der Waals surface area (Å²) in [5.74, 6) is 27.5. The van der Waals surface area contributed by atoms with E-state index in [0.29, 0.717) is 5.69 Å². The number of aliphatic hydroxyl groups is 1. The molecule has 1 aromatic carbocycles. The van der Waals surface area contributed by atoms with Gasteiger partial charge in [0.25, 0.3) is 0 Å². The first-order chi connectivity index (χ1) is 12.4. The van der Waals surface area contributed by atoms with Crippen LogP contribution in [0.1, 0.15) is 32.0 Å². The maximum Gasteiger partial charge on any atom is 0.120 e. The summed E-state index contributed by atoms with van der Waals surface area (Å²) >= 11 is 0. The second-order valence-corrected chi connectivity index (χ2v) is 4.70. The molecule has 0 unspecified atom stereocenters. The molecule has 0 fully saturated rings. The van der Waals surface area contributed by atoms with Gasteiger partial charge in [-0.25, -0.2) is 0 Å². The fourth-order valence-corrected chi connectivity index (χ4v) is 1.10. The molecular weight excluding hydrogens is 324 g/mol. The van der Waals surface area contributed by atoms with Gasteiger partial charge in [-0.15, -0.1) is 6.42 Å². The van der Waals surface area contributed by atoms with Crippen LogP contribution in [-0.4, -0.2) is 10.7 Å². The van der Waals surface area contributed by atoms with Crippen molar-refractivity contribution in [3.63, 3.8) is 0 Å². The van der Waals surface area contributed by atoms with Crippen LogP contribution in [0.4, 0.5) is 5.69 Å². The van der Waals surface area contributed by atoms with E-state index in [0.717, 1.165) is 5.56 Å². The van der Waals surface area contributed by atoms with E-state index < -0.39 is 5.60 Å². The number of anilines is 1. The SMILES string of the molecule is C#CC#CC#CC#CC#CC.CC(C)(O)C#Cc1cccc(N)c1.N=O.[HH].[HH].[HH].[HH]. The maximum atomic E-state index is 9.34. The molecule has 0 atom stereocenters. The Kier molecular flexibility index (Phi) is 14.7. The van der Waals surface area contributed by atoms with Crippen LogP contribution in [0, 0.1) is 82.0 Å². The molecule has 0 saturated heterocycles. The third-order valence-electron chi connectivity index (χ3n) is 1.97. The number of terminal acetylenes is 1. The molecule has 136 valence electrons. The summed E-state index contributed by atoms with van der Waals surface area (Å²) in [6.07, 6.45) is 4.84. The van der Waals surface area contributed by atoms with E-state index >= 15 is 0 Å². The average molecular weight is 350 g/mol. The standard InChI is InChI=1S/C11H13NO.C11H4.HNO.4H2/c1-11(2,13)7-6-9-4-3-5-10(12)8-9;1-3-5-7-9-11-10-8-6-4-2;1-2;;;;/h3-5,8,13H,12H2,1-2H3;1H,2H3;1H;4*1H. The smallest absolute Gasteiger partial charge is 0.120 e. The van der Waals surface area contributed by atoms with Crippen molar-refractivity contribution in [2.45, 2.75) is 26.4 Å². The molecule has 4 N–H and O–H groups in total. The molecular formula is C22H26N2O2. The second-order valence-electron chi connectivity index (χ2n) is 4.70. The number of hydrogen-bond donors (Lipinski definition) is 3. The van der Waals surface area contributed by atoms with Crippen LogP contribution in [0.3, 0.4) is 0 Å². The van der Waals surface area contributed by atoms with Crippen molar-refractivity contribution < 1.29 is 10.8 Å². The molecule has 0 radical (unpaired) electrons. The first-order valence-corrected chi connectivity index (χ1v) is 7.08. The van der Waals surface area contributed by atoms with Crippen LogP contribution in [0.5, 0.6) is 0 Å². The van der Waals surface area contributed by atoms with Crippen LogP contribution in [0.25, 0.3) is 0 Å². The monoisotopic (exact) mass is 350 g/mol. The summed E-state index contributed by atoms with van der Waals surface area (Å²) < 4.78 is 0. The zero-order chi connectivity index (χ0) is 20.3. The predicted molar refractivity (Wildman–Crippen MR) is 114 cm³/mol. The fourth-order valence-electron chi connectivity index (χ4n) is 1.10. The van der Waals surface area contributed by atoms with Crippen molar-refractivity contribution in [3.05, 3.63) is 34.7 Å². The van der Waals surface area contributed by atoms with Gasteiger partial charge in [0, 0.05) is 17.0 Å². The highest BCUT2D eigenvalue weighted by Crippen LogP contribution is 2.05. The Morgan fingerprint density at radius 3 is 2.08 bits per heavy atom. The molecule has 0 aromatic heterocycles. The molecule has 0 aliphatic heterocycles. The molecule has 0 saturated carbocycles. The number of benzene rings is 1. The molecule has 4 heteroatoms. The molecule has 0 aliphatic carbocycles. The highest BCUT2D eigenvalue weighted by atomic mass is 16.3. The van der Waals surface area contributed by atoms with E-state index in [1.165, 1.54) is 0 Å². The van der Waals surface area contributed by atoms with Crippen molar-refractivity contribution in [3.8, 4) is 71.5 Å². The second kappa shape index (κ2) is 15.8. The summed E-state index contributed by atoms with van der Waals surface area (Å²) in [6, 6.07) is 7.27. The van der Waals surface area contributed by atoms with E-state index in [9.17, 15) is 5.11 Å². The topological polar surface area (TPSA) is 87.2 Å². The highest BCUT2D eigenvalue weighted by molar-refractivity contribution is 5.47. The van der Waals surface area contributed by atoms with Crippen LogP contribution in [-0.2, 0) is 0 Å². The lowest BCUT2D eigenvalue weighted by Gasteiger charge is -2.05. The third kappa shape index (κ3) is 18.0.